The quantitative estimate of drug-likeness (QED) is 0.223. The van der Waals surface area contributed by atoms with Gasteiger partial charge in [-0.1, -0.05) is 72.8 Å². The van der Waals surface area contributed by atoms with Crippen LogP contribution in [0.4, 0.5) is 3.89 Å². The van der Waals surface area contributed by atoms with Crippen molar-refractivity contribution in [1.29, 1.82) is 0 Å². The topological polar surface area (TPSA) is 38.7 Å². The van der Waals surface area contributed by atoms with E-state index in [0.717, 1.165) is 33.8 Å². The minimum absolute atomic E-state index is 0.588. The number of nitrogens with zero attached hydrogens (tertiary/aromatic N) is 3. The van der Waals surface area contributed by atoms with Crippen molar-refractivity contribution >= 4 is 10.4 Å². The van der Waals surface area contributed by atoms with E-state index in [1.807, 2.05) is 127 Å². The van der Waals surface area contributed by atoms with E-state index in [-0.39, 0.29) is 0 Å². The summed E-state index contributed by atoms with van der Waals surface area (Å²) in [6, 6.07) is 40.2. The SMILES string of the molecule is FS(c1ccccc1-c1ccccn1)(c1ccccc1-c1ccccn1)c1ccccc1-c1ccccn1. The van der Waals surface area contributed by atoms with Gasteiger partial charge >= 0.3 is 0 Å². The van der Waals surface area contributed by atoms with Crippen LogP contribution in [0.1, 0.15) is 0 Å². The highest BCUT2D eigenvalue weighted by Gasteiger charge is 2.38. The van der Waals surface area contributed by atoms with Gasteiger partial charge in [-0.3, -0.25) is 15.0 Å². The van der Waals surface area contributed by atoms with E-state index in [4.69, 9.17) is 0 Å². The fourth-order valence-corrected chi connectivity index (χ4v) is 7.63. The van der Waals surface area contributed by atoms with Gasteiger partial charge in [0.1, 0.15) is 0 Å². The molecule has 0 amide bonds. The molecule has 6 aromatic rings. The molecule has 0 spiro atoms. The third-order valence-corrected chi connectivity index (χ3v) is 9.28. The van der Waals surface area contributed by atoms with E-state index in [1.165, 1.54) is 0 Å². The third kappa shape index (κ3) is 4.27. The fourth-order valence-electron chi connectivity index (χ4n) is 4.69. The second kappa shape index (κ2) is 10.4. The van der Waals surface area contributed by atoms with Crippen molar-refractivity contribution in [3.8, 4) is 33.8 Å². The van der Waals surface area contributed by atoms with Crippen LogP contribution in [0.25, 0.3) is 33.8 Å². The van der Waals surface area contributed by atoms with E-state index in [2.05, 4.69) is 15.0 Å². The number of aromatic nitrogens is 3. The zero-order chi connectivity index (χ0) is 25.8. The molecular weight excluding hydrogens is 489 g/mol. The first-order chi connectivity index (χ1) is 18.8. The van der Waals surface area contributed by atoms with Gasteiger partial charge in [0.2, 0.25) is 0 Å². The molecule has 38 heavy (non-hydrogen) atoms. The van der Waals surface area contributed by atoms with Gasteiger partial charge in [0.25, 0.3) is 0 Å². The van der Waals surface area contributed by atoms with E-state index in [1.54, 1.807) is 18.6 Å². The summed E-state index contributed by atoms with van der Waals surface area (Å²) in [6.07, 6.45) is 5.22. The minimum atomic E-state index is -3.33. The molecule has 0 atom stereocenters. The van der Waals surface area contributed by atoms with Crippen LogP contribution in [0.15, 0.2) is 161 Å². The summed E-state index contributed by atoms with van der Waals surface area (Å²) in [5.41, 5.74) is 4.46. The molecule has 0 radical (unpaired) electrons. The first-order valence-electron chi connectivity index (χ1n) is 12.3. The fraction of sp³-hybridized carbons (Fsp3) is 0. The highest BCUT2D eigenvalue weighted by Crippen LogP contribution is 2.74. The Balaban J connectivity index is 1.72. The van der Waals surface area contributed by atoms with Crippen molar-refractivity contribution in [1.82, 2.24) is 15.0 Å². The van der Waals surface area contributed by atoms with Crippen LogP contribution in [0.3, 0.4) is 0 Å². The van der Waals surface area contributed by atoms with Crippen molar-refractivity contribution in [3.05, 3.63) is 146 Å². The Morgan fingerprint density at radius 1 is 0.368 bits per heavy atom. The van der Waals surface area contributed by atoms with E-state index in [0.29, 0.717) is 14.7 Å². The Hall–Kier alpha value is -4.61. The summed E-state index contributed by atoms with van der Waals surface area (Å²) >= 11 is 0. The first kappa shape index (κ1) is 23.8. The summed E-state index contributed by atoms with van der Waals surface area (Å²) in [7, 11) is -3.33. The van der Waals surface area contributed by atoms with Crippen molar-refractivity contribution in [3.63, 3.8) is 0 Å². The lowest BCUT2D eigenvalue weighted by Gasteiger charge is -2.36. The lowest BCUT2D eigenvalue weighted by molar-refractivity contribution is 0.870. The van der Waals surface area contributed by atoms with Gasteiger partial charge in [-0.15, -0.1) is 0 Å². The molecule has 3 nitrogen and oxygen atoms in total. The average Bonchev–Trinajstić information content (AvgIpc) is 3.02. The van der Waals surface area contributed by atoms with Gasteiger partial charge in [0.15, 0.2) is 0 Å². The highest BCUT2D eigenvalue weighted by molar-refractivity contribution is 8.30. The molecule has 0 saturated heterocycles. The molecule has 5 heteroatoms. The molecule has 6 rings (SSSR count). The van der Waals surface area contributed by atoms with Crippen molar-refractivity contribution < 1.29 is 3.89 Å². The van der Waals surface area contributed by atoms with Crippen molar-refractivity contribution in [2.75, 3.05) is 0 Å². The Labute approximate surface area is 223 Å². The van der Waals surface area contributed by atoms with Crippen LogP contribution in [-0.2, 0) is 0 Å². The van der Waals surface area contributed by atoms with Gasteiger partial charge in [-0.05, 0) is 65.0 Å². The molecular formula is C33H24FN3S. The molecule has 3 aromatic heterocycles. The Morgan fingerprint density at radius 3 is 0.947 bits per heavy atom. The summed E-state index contributed by atoms with van der Waals surface area (Å²) in [5.74, 6) is 0. The summed E-state index contributed by atoms with van der Waals surface area (Å²) in [4.78, 5) is 15.5. The smallest absolute Gasteiger partial charge is 0.0713 e. The van der Waals surface area contributed by atoms with Crippen LogP contribution in [0.2, 0.25) is 0 Å². The average molecular weight is 514 g/mol. The molecule has 0 unspecified atom stereocenters. The summed E-state index contributed by atoms with van der Waals surface area (Å²) in [5, 5.41) is 0. The monoisotopic (exact) mass is 513 g/mol. The molecule has 0 aliphatic heterocycles. The van der Waals surface area contributed by atoms with Gasteiger partial charge in [0.05, 0.1) is 17.1 Å². The number of hydrogen-bond acceptors (Lipinski definition) is 3. The zero-order valence-corrected chi connectivity index (χ0v) is 21.3. The molecule has 0 bridgehead atoms. The second-order valence-corrected chi connectivity index (χ2v) is 11.1. The van der Waals surface area contributed by atoms with Gasteiger partial charge < -0.3 is 0 Å². The lowest BCUT2D eigenvalue weighted by atomic mass is 10.1. The van der Waals surface area contributed by atoms with Crippen LogP contribution < -0.4 is 0 Å². The molecule has 0 N–H and O–H groups in total. The molecule has 184 valence electrons. The van der Waals surface area contributed by atoms with E-state index >= 15 is 3.89 Å². The number of benzene rings is 3. The van der Waals surface area contributed by atoms with Crippen LogP contribution >= 0.6 is 10.4 Å². The maximum Gasteiger partial charge on any atom is 0.0713 e. The van der Waals surface area contributed by atoms with E-state index < -0.39 is 10.4 Å². The van der Waals surface area contributed by atoms with Crippen molar-refractivity contribution in [2.45, 2.75) is 14.7 Å². The van der Waals surface area contributed by atoms with Crippen molar-refractivity contribution in [2.24, 2.45) is 0 Å². The van der Waals surface area contributed by atoms with Gasteiger partial charge in [0, 0.05) is 50.0 Å². The second-order valence-electron chi connectivity index (χ2n) is 8.67. The maximum absolute atomic E-state index is 18.8. The predicted octanol–water partition coefficient (Wildman–Crippen LogP) is 9.04. The Kier molecular flexibility index (Phi) is 6.51. The minimum Gasteiger partial charge on any atom is -0.256 e. The molecule has 3 heterocycles. The normalized spacial score (nSPS) is 11.7. The number of pyridine rings is 3. The molecule has 0 fully saturated rings. The van der Waals surface area contributed by atoms with Crippen LogP contribution in [0.5, 0.6) is 0 Å². The lowest BCUT2D eigenvalue weighted by Crippen LogP contribution is -2.04. The van der Waals surface area contributed by atoms with E-state index in [9.17, 15) is 0 Å². The Morgan fingerprint density at radius 2 is 0.658 bits per heavy atom. The van der Waals surface area contributed by atoms with Gasteiger partial charge in [-0.2, -0.15) is 3.89 Å². The third-order valence-electron chi connectivity index (χ3n) is 6.39. The number of halogens is 1. The predicted molar refractivity (Wildman–Crippen MR) is 153 cm³/mol. The largest absolute Gasteiger partial charge is 0.256 e. The standard InChI is InChI=1S/C33H24FN3S/c34-38(31-19-4-1-13-25(31)28-16-7-10-22-35-28,32-20-5-2-14-26(32)29-17-8-11-23-36-29)33-21-6-3-15-27(33)30-18-9-12-24-37-30/h1-24H. The molecule has 3 aromatic carbocycles. The first-order valence-corrected chi connectivity index (χ1v) is 13.8. The molecule has 0 aliphatic carbocycles. The van der Waals surface area contributed by atoms with Crippen LogP contribution in [-0.4, -0.2) is 15.0 Å². The summed E-state index contributed by atoms with van der Waals surface area (Å²) in [6.45, 7) is 0. The van der Waals surface area contributed by atoms with Gasteiger partial charge in [-0.25, -0.2) is 0 Å². The molecule has 0 saturated carbocycles. The molecule has 0 aliphatic rings. The number of hydrogen-bond donors (Lipinski definition) is 0. The zero-order valence-electron chi connectivity index (χ0n) is 20.5. The Bertz CT molecular complexity index is 1480. The highest BCUT2D eigenvalue weighted by atomic mass is 32.3. The number of rotatable bonds is 6. The summed E-state index contributed by atoms with van der Waals surface area (Å²) < 4.78 is 18.8. The van der Waals surface area contributed by atoms with Crippen LogP contribution in [0, 0.1) is 0 Å². The maximum atomic E-state index is 18.8.